The van der Waals surface area contributed by atoms with Crippen molar-refractivity contribution in [2.45, 2.75) is 25.3 Å². The van der Waals surface area contributed by atoms with E-state index < -0.39 is 6.04 Å². The van der Waals surface area contributed by atoms with Gasteiger partial charge in [-0.15, -0.1) is 0 Å². The van der Waals surface area contributed by atoms with E-state index in [0.717, 1.165) is 24.1 Å². The van der Waals surface area contributed by atoms with E-state index >= 15 is 0 Å². The number of amides is 2. The van der Waals surface area contributed by atoms with Crippen LogP contribution in [0.5, 0.6) is 11.5 Å². The third kappa shape index (κ3) is 2.41. The minimum Gasteiger partial charge on any atom is -0.493 e. The van der Waals surface area contributed by atoms with Gasteiger partial charge in [0, 0.05) is 17.7 Å². The van der Waals surface area contributed by atoms with Crippen LogP contribution in [0.2, 0.25) is 0 Å². The Labute approximate surface area is 128 Å². The van der Waals surface area contributed by atoms with Gasteiger partial charge in [-0.3, -0.25) is 4.79 Å². The second-order valence-corrected chi connectivity index (χ2v) is 5.31. The molecular formula is C16H18N2O4. The van der Waals surface area contributed by atoms with Crippen LogP contribution in [0.4, 0.5) is 4.79 Å². The van der Waals surface area contributed by atoms with Gasteiger partial charge >= 0.3 is 6.03 Å². The number of allylic oxidation sites excluding steroid dienone is 1. The van der Waals surface area contributed by atoms with E-state index in [4.69, 9.17) is 9.47 Å². The molecule has 116 valence electrons. The summed E-state index contributed by atoms with van der Waals surface area (Å²) < 4.78 is 10.5. The van der Waals surface area contributed by atoms with Crippen LogP contribution in [-0.4, -0.2) is 26.0 Å². The van der Waals surface area contributed by atoms with Gasteiger partial charge < -0.3 is 20.1 Å². The van der Waals surface area contributed by atoms with Crippen molar-refractivity contribution in [2.24, 2.45) is 0 Å². The molecule has 1 aliphatic heterocycles. The predicted molar refractivity (Wildman–Crippen MR) is 79.8 cm³/mol. The first-order valence-corrected chi connectivity index (χ1v) is 7.19. The molecule has 0 saturated carbocycles. The third-order valence-corrected chi connectivity index (χ3v) is 4.03. The van der Waals surface area contributed by atoms with E-state index in [9.17, 15) is 9.59 Å². The topological polar surface area (TPSA) is 76.7 Å². The van der Waals surface area contributed by atoms with Crippen molar-refractivity contribution >= 4 is 11.8 Å². The molecule has 22 heavy (non-hydrogen) atoms. The van der Waals surface area contributed by atoms with Gasteiger partial charge in [-0.05, 0) is 30.5 Å². The summed E-state index contributed by atoms with van der Waals surface area (Å²) in [6.45, 7) is 0. The molecule has 0 aromatic heterocycles. The van der Waals surface area contributed by atoms with Gasteiger partial charge in [-0.1, -0.05) is 6.07 Å². The van der Waals surface area contributed by atoms with Crippen molar-refractivity contribution < 1.29 is 19.1 Å². The highest BCUT2D eigenvalue weighted by atomic mass is 16.5. The maximum atomic E-state index is 12.3. The van der Waals surface area contributed by atoms with E-state index in [2.05, 4.69) is 10.6 Å². The number of benzene rings is 1. The average molecular weight is 302 g/mol. The number of carbonyl (C=O) groups is 2. The number of hydrogen-bond acceptors (Lipinski definition) is 4. The molecule has 1 unspecified atom stereocenters. The Morgan fingerprint density at radius 3 is 2.59 bits per heavy atom. The first kappa shape index (κ1) is 14.4. The molecule has 0 radical (unpaired) electrons. The Bertz CT molecular complexity index is 666. The lowest BCUT2D eigenvalue weighted by molar-refractivity contribution is -0.116. The first-order valence-electron chi connectivity index (χ1n) is 7.19. The lowest BCUT2D eigenvalue weighted by Crippen LogP contribution is -2.46. The monoisotopic (exact) mass is 302 g/mol. The Hall–Kier alpha value is -2.50. The summed E-state index contributed by atoms with van der Waals surface area (Å²) in [6.07, 6.45) is 2.01. The zero-order valence-electron chi connectivity index (χ0n) is 12.6. The highest BCUT2D eigenvalue weighted by Gasteiger charge is 2.34. The van der Waals surface area contributed by atoms with Gasteiger partial charge in [-0.2, -0.15) is 0 Å². The standard InChI is InChI=1S/C16H18N2O4/c1-21-12-7-6-9(8-13(12)22-2)15-14-10(17-16(20)18-15)4-3-5-11(14)19/h6-8,15H,3-5H2,1-2H3,(H2,17,18,20). The lowest BCUT2D eigenvalue weighted by atomic mass is 9.85. The van der Waals surface area contributed by atoms with E-state index in [1.54, 1.807) is 26.4 Å². The summed E-state index contributed by atoms with van der Waals surface area (Å²) >= 11 is 0. The van der Waals surface area contributed by atoms with Gasteiger partial charge in [0.15, 0.2) is 17.3 Å². The number of rotatable bonds is 3. The van der Waals surface area contributed by atoms with E-state index in [-0.39, 0.29) is 11.8 Å². The van der Waals surface area contributed by atoms with Gasteiger partial charge in [-0.25, -0.2) is 4.79 Å². The highest BCUT2D eigenvalue weighted by molar-refractivity contribution is 6.01. The summed E-state index contributed by atoms with van der Waals surface area (Å²) in [4.78, 5) is 24.2. The molecule has 0 bridgehead atoms. The molecule has 1 atom stereocenters. The number of ketones is 1. The molecule has 1 aromatic carbocycles. The van der Waals surface area contributed by atoms with Crippen molar-refractivity contribution in [1.29, 1.82) is 0 Å². The summed E-state index contributed by atoms with van der Waals surface area (Å²) in [6, 6.07) is 4.67. The quantitative estimate of drug-likeness (QED) is 0.896. The molecule has 2 amide bonds. The van der Waals surface area contributed by atoms with Gasteiger partial charge in [0.2, 0.25) is 0 Å². The fourth-order valence-corrected chi connectivity index (χ4v) is 2.99. The molecule has 0 spiro atoms. The molecule has 6 heteroatoms. The molecule has 6 nitrogen and oxygen atoms in total. The minimum absolute atomic E-state index is 0.0773. The van der Waals surface area contributed by atoms with Gasteiger partial charge in [0.25, 0.3) is 0 Å². The molecule has 0 saturated heterocycles. The Morgan fingerprint density at radius 2 is 1.86 bits per heavy atom. The number of ether oxygens (including phenoxy) is 2. The van der Waals surface area contributed by atoms with Crippen molar-refractivity contribution in [3.8, 4) is 11.5 Å². The number of hydrogen-bond donors (Lipinski definition) is 2. The Morgan fingerprint density at radius 1 is 1.09 bits per heavy atom. The van der Waals surface area contributed by atoms with E-state index in [1.807, 2.05) is 6.07 Å². The van der Waals surface area contributed by atoms with Gasteiger partial charge in [0.1, 0.15) is 0 Å². The zero-order chi connectivity index (χ0) is 15.7. The van der Waals surface area contributed by atoms with E-state index in [0.29, 0.717) is 23.5 Å². The Kier molecular flexibility index (Phi) is 3.75. The second-order valence-electron chi connectivity index (χ2n) is 5.31. The number of methoxy groups -OCH3 is 2. The SMILES string of the molecule is COc1ccc(C2NC(=O)NC3=C2C(=O)CCC3)cc1OC. The molecule has 2 N–H and O–H groups in total. The highest BCUT2D eigenvalue weighted by Crippen LogP contribution is 2.36. The van der Waals surface area contributed by atoms with Crippen molar-refractivity contribution in [2.75, 3.05) is 14.2 Å². The van der Waals surface area contributed by atoms with E-state index in [1.165, 1.54) is 0 Å². The molecule has 1 heterocycles. The summed E-state index contributed by atoms with van der Waals surface area (Å²) in [5.41, 5.74) is 2.19. The van der Waals surface area contributed by atoms with Crippen molar-refractivity contribution in [3.63, 3.8) is 0 Å². The van der Waals surface area contributed by atoms with Crippen LogP contribution in [0, 0.1) is 0 Å². The minimum atomic E-state index is -0.448. The van der Waals surface area contributed by atoms with Crippen LogP contribution in [0.3, 0.4) is 0 Å². The van der Waals surface area contributed by atoms with Crippen LogP contribution < -0.4 is 20.1 Å². The molecule has 2 aliphatic rings. The largest absolute Gasteiger partial charge is 0.493 e. The molecule has 1 aromatic rings. The summed E-state index contributed by atoms with van der Waals surface area (Å²) in [7, 11) is 3.12. The first-order chi connectivity index (χ1) is 10.6. The maximum Gasteiger partial charge on any atom is 0.319 e. The van der Waals surface area contributed by atoms with Crippen LogP contribution in [0.15, 0.2) is 29.5 Å². The van der Waals surface area contributed by atoms with Crippen molar-refractivity contribution in [1.82, 2.24) is 10.6 Å². The fourth-order valence-electron chi connectivity index (χ4n) is 2.99. The maximum absolute atomic E-state index is 12.3. The number of nitrogens with one attached hydrogen (secondary N) is 2. The van der Waals surface area contributed by atoms with Crippen molar-refractivity contribution in [3.05, 3.63) is 35.0 Å². The second kappa shape index (κ2) is 5.71. The molecular weight excluding hydrogens is 284 g/mol. The zero-order valence-corrected chi connectivity index (χ0v) is 12.6. The van der Waals surface area contributed by atoms with Crippen LogP contribution in [-0.2, 0) is 4.79 Å². The normalized spacial score (nSPS) is 20.9. The molecule has 3 rings (SSSR count). The average Bonchev–Trinajstić information content (AvgIpc) is 2.53. The fraction of sp³-hybridized carbons (Fsp3) is 0.375. The number of carbonyl (C=O) groups excluding carboxylic acids is 2. The van der Waals surface area contributed by atoms with Crippen LogP contribution in [0.1, 0.15) is 30.9 Å². The third-order valence-electron chi connectivity index (χ3n) is 4.03. The number of urea groups is 1. The Balaban J connectivity index is 2.05. The number of Topliss-reactive ketones (excluding diaryl/α,β-unsaturated/α-hetero) is 1. The van der Waals surface area contributed by atoms with Gasteiger partial charge in [0.05, 0.1) is 20.3 Å². The predicted octanol–water partition coefficient (Wildman–Crippen LogP) is 2.06. The summed E-state index contributed by atoms with van der Waals surface area (Å²) in [5.74, 6) is 1.25. The smallest absolute Gasteiger partial charge is 0.319 e. The summed E-state index contributed by atoms with van der Waals surface area (Å²) in [5, 5.41) is 5.58. The van der Waals surface area contributed by atoms with Crippen LogP contribution in [0.25, 0.3) is 0 Å². The molecule has 1 aliphatic carbocycles. The van der Waals surface area contributed by atoms with Crippen LogP contribution >= 0.6 is 0 Å². The molecule has 0 fully saturated rings. The lowest BCUT2D eigenvalue weighted by Gasteiger charge is -2.32.